The number of nitrogens with one attached hydrogen (secondary N) is 1. The first-order valence-corrected chi connectivity index (χ1v) is 7.18. The lowest BCUT2D eigenvalue weighted by Gasteiger charge is -2.15. The average Bonchev–Trinajstić information content (AvgIpc) is 2.87. The van der Waals surface area contributed by atoms with Crippen LogP contribution in [0, 0.1) is 0 Å². The molecule has 0 atom stereocenters. The van der Waals surface area contributed by atoms with Gasteiger partial charge in [0.05, 0.1) is 11.9 Å². The van der Waals surface area contributed by atoms with E-state index in [1.165, 1.54) is 4.68 Å². The summed E-state index contributed by atoms with van der Waals surface area (Å²) in [6.45, 7) is 2.78. The number of hydrogen-bond donors (Lipinski definition) is 1. The first kappa shape index (κ1) is 13.3. The zero-order chi connectivity index (χ0) is 13.0. The Bertz CT molecular complexity index is 487. The second kappa shape index (κ2) is 6.18. The van der Waals surface area contributed by atoms with E-state index in [1.807, 2.05) is 0 Å². The van der Waals surface area contributed by atoms with E-state index in [4.69, 9.17) is 0 Å². The van der Waals surface area contributed by atoms with E-state index in [-0.39, 0.29) is 5.56 Å². The van der Waals surface area contributed by atoms with Gasteiger partial charge >= 0.3 is 0 Å². The van der Waals surface area contributed by atoms with Gasteiger partial charge in [0.25, 0.3) is 5.56 Å². The summed E-state index contributed by atoms with van der Waals surface area (Å²) in [7, 11) is 0. The van der Waals surface area contributed by atoms with E-state index in [9.17, 15) is 4.79 Å². The van der Waals surface area contributed by atoms with Crippen molar-refractivity contribution in [1.29, 1.82) is 0 Å². The van der Waals surface area contributed by atoms with Crippen LogP contribution in [0.25, 0.3) is 0 Å². The molecule has 1 aliphatic carbocycles. The van der Waals surface area contributed by atoms with Gasteiger partial charge in [-0.15, -0.1) is 0 Å². The lowest BCUT2D eigenvalue weighted by atomic mass is 10.2. The van der Waals surface area contributed by atoms with Crippen LogP contribution in [0.4, 0.5) is 5.69 Å². The fourth-order valence-corrected chi connectivity index (χ4v) is 2.41. The molecule has 1 aromatic heterocycles. The first-order chi connectivity index (χ1) is 8.72. The maximum atomic E-state index is 12.1. The third-order valence-corrected chi connectivity index (χ3v) is 3.84. The van der Waals surface area contributed by atoms with E-state index >= 15 is 0 Å². The molecule has 0 fully saturated rings. The Labute approximate surface area is 115 Å². The summed E-state index contributed by atoms with van der Waals surface area (Å²) < 4.78 is 2.10. The third-order valence-electron chi connectivity index (χ3n) is 3.08. The lowest BCUT2D eigenvalue weighted by molar-refractivity contribution is 0.540. The first-order valence-electron chi connectivity index (χ1n) is 6.39. The van der Waals surface area contributed by atoms with E-state index in [2.05, 4.69) is 45.4 Å². The van der Waals surface area contributed by atoms with Gasteiger partial charge in [0, 0.05) is 12.6 Å². The van der Waals surface area contributed by atoms with Crippen molar-refractivity contribution >= 4 is 21.6 Å². The fraction of sp³-hybridized carbons (Fsp3) is 0.538. The summed E-state index contributed by atoms with van der Waals surface area (Å²) in [5.41, 5.74) is 0.737. The highest BCUT2D eigenvalue weighted by Gasteiger charge is 2.14. The minimum absolute atomic E-state index is 0.0561. The fourth-order valence-electron chi connectivity index (χ4n) is 1.99. The second-order valence-electron chi connectivity index (χ2n) is 4.54. The van der Waals surface area contributed by atoms with Crippen molar-refractivity contribution in [3.63, 3.8) is 0 Å². The standard InChI is InChI=1S/C13H18BrN3O/c1-2-3-8-17-13(18)12(14)11(9-15-17)16-10-6-4-5-7-10/h4-5,9-10,16H,2-3,6-8H2,1H3. The van der Waals surface area contributed by atoms with E-state index < -0.39 is 0 Å². The minimum Gasteiger partial charge on any atom is -0.379 e. The van der Waals surface area contributed by atoms with Crippen LogP contribution in [-0.4, -0.2) is 15.8 Å². The molecular formula is C13H18BrN3O. The van der Waals surface area contributed by atoms with Crippen molar-refractivity contribution in [2.45, 2.75) is 45.2 Å². The van der Waals surface area contributed by atoms with Crippen molar-refractivity contribution in [3.8, 4) is 0 Å². The van der Waals surface area contributed by atoms with Crippen LogP contribution in [0.2, 0.25) is 0 Å². The predicted octanol–water partition coefficient (Wildman–Crippen LogP) is 2.94. The zero-order valence-corrected chi connectivity index (χ0v) is 12.1. The van der Waals surface area contributed by atoms with Gasteiger partial charge in [-0.2, -0.15) is 5.10 Å². The molecule has 0 saturated carbocycles. The molecule has 0 aliphatic heterocycles. The van der Waals surface area contributed by atoms with Gasteiger partial charge in [-0.05, 0) is 35.2 Å². The molecule has 1 aliphatic rings. The van der Waals surface area contributed by atoms with Crippen molar-refractivity contribution in [3.05, 3.63) is 33.2 Å². The van der Waals surface area contributed by atoms with Crippen molar-refractivity contribution in [2.24, 2.45) is 0 Å². The molecule has 98 valence electrons. The highest BCUT2D eigenvalue weighted by Crippen LogP contribution is 2.21. The number of unbranched alkanes of at least 4 members (excludes halogenated alkanes) is 1. The van der Waals surface area contributed by atoms with Crippen LogP contribution in [0.3, 0.4) is 0 Å². The van der Waals surface area contributed by atoms with Gasteiger partial charge in [0.2, 0.25) is 0 Å². The topological polar surface area (TPSA) is 46.9 Å². The van der Waals surface area contributed by atoms with Crippen LogP contribution < -0.4 is 10.9 Å². The zero-order valence-electron chi connectivity index (χ0n) is 10.5. The highest BCUT2D eigenvalue weighted by molar-refractivity contribution is 9.10. The normalized spacial score (nSPS) is 15.2. The molecule has 1 heterocycles. The second-order valence-corrected chi connectivity index (χ2v) is 5.33. The molecule has 0 saturated heterocycles. The van der Waals surface area contributed by atoms with Gasteiger partial charge in [-0.25, -0.2) is 4.68 Å². The summed E-state index contributed by atoms with van der Waals surface area (Å²) in [6.07, 6.45) is 10.1. The summed E-state index contributed by atoms with van der Waals surface area (Å²) in [5, 5.41) is 7.56. The van der Waals surface area contributed by atoms with E-state index in [0.29, 0.717) is 17.1 Å². The highest BCUT2D eigenvalue weighted by atomic mass is 79.9. The SMILES string of the molecule is CCCCn1ncc(NC2CC=CC2)c(Br)c1=O. The number of aryl methyl sites for hydroxylation is 1. The molecule has 0 amide bonds. The number of rotatable bonds is 5. The van der Waals surface area contributed by atoms with Crippen LogP contribution in [-0.2, 0) is 6.54 Å². The Kier molecular flexibility index (Phi) is 4.58. The molecule has 1 N–H and O–H groups in total. The number of anilines is 1. The van der Waals surface area contributed by atoms with Gasteiger partial charge in [-0.1, -0.05) is 25.5 Å². The quantitative estimate of drug-likeness (QED) is 0.850. The Morgan fingerprint density at radius 2 is 2.22 bits per heavy atom. The molecule has 0 bridgehead atoms. The number of hydrogen-bond acceptors (Lipinski definition) is 3. The van der Waals surface area contributed by atoms with Crippen molar-refractivity contribution < 1.29 is 0 Å². The molecule has 4 nitrogen and oxygen atoms in total. The summed E-state index contributed by atoms with van der Waals surface area (Å²) in [6, 6.07) is 0.383. The Morgan fingerprint density at radius 1 is 1.50 bits per heavy atom. The predicted molar refractivity (Wildman–Crippen MR) is 76.9 cm³/mol. The van der Waals surface area contributed by atoms with Crippen LogP contribution >= 0.6 is 15.9 Å². The Hall–Kier alpha value is -1.10. The van der Waals surface area contributed by atoms with Gasteiger partial charge < -0.3 is 5.32 Å². The van der Waals surface area contributed by atoms with Crippen LogP contribution in [0.5, 0.6) is 0 Å². The molecule has 0 radical (unpaired) electrons. The molecule has 0 unspecified atom stereocenters. The smallest absolute Gasteiger partial charge is 0.283 e. The number of aromatic nitrogens is 2. The van der Waals surface area contributed by atoms with Gasteiger partial charge in [-0.3, -0.25) is 4.79 Å². The molecule has 18 heavy (non-hydrogen) atoms. The molecule has 0 aromatic carbocycles. The summed E-state index contributed by atoms with van der Waals surface area (Å²) in [5.74, 6) is 0. The van der Waals surface area contributed by atoms with Crippen LogP contribution in [0.15, 0.2) is 27.6 Å². The Balaban J connectivity index is 2.12. The third kappa shape index (κ3) is 3.02. The monoisotopic (exact) mass is 311 g/mol. The molecule has 2 rings (SSSR count). The summed E-state index contributed by atoms with van der Waals surface area (Å²) in [4.78, 5) is 12.1. The van der Waals surface area contributed by atoms with Crippen molar-refractivity contribution in [1.82, 2.24) is 9.78 Å². The average molecular weight is 312 g/mol. The Morgan fingerprint density at radius 3 is 2.89 bits per heavy atom. The lowest BCUT2D eigenvalue weighted by Crippen LogP contribution is -2.26. The van der Waals surface area contributed by atoms with Gasteiger partial charge in [0.1, 0.15) is 4.47 Å². The largest absolute Gasteiger partial charge is 0.379 e. The van der Waals surface area contributed by atoms with E-state index in [1.54, 1.807) is 6.20 Å². The van der Waals surface area contributed by atoms with Gasteiger partial charge in [0.15, 0.2) is 0 Å². The molecule has 1 aromatic rings. The maximum Gasteiger partial charge on any atom is 0.283 e. The van der Waals surface area contributed by atoms with Crippen LogP contribution in [0.1, 0.15) is 32.6 Å². The molecular weight excluding hydrogens is 294 g/mol. The number of nitrogens with zero attached hydrogens (tertiary/aromatic N) is 2. The maximum absolute atomic E-state index is 12.1. The molecule has 5 heteroatoms. The summed E-state index contributed by atoms with van der Waals surface area (Å²) >= 11 is 3.37. The van der Waals surface area contributed by atoms with E-state index in [0.717, 1.165) is 31.4 Å². The van der Waals surface area contributed by atoms with Crippen molar-refractivity contribution in [2.75, 3.05) is 5.32 Å². The molecule has 0 spiro atoms. The number of halogens is 1. The minimum atomic E-state index is -0.0561.